The Morgan fingerprint density at radius 2 is 2.18 bits per heavy atom. The van der Waals surface area contributed by atoms with Crippen LogP contribution in [0.25, 0.3) is 0 Å². The van der Waals surface area contributed by atoms with Crippen molar-refractivity contribution in [1.82, 2.24) is 15.5 Å². The molecule has 1 aliphatic rings. The molecule has 100 valence electrons. The molecule has 0 amide bonds. The highest BCUT2D eigenvalue weighted by atomic mass is 15.2. The fourth-order valence-electron chi connectivity index (χ4n) is 2.31. The molecule has 0 radical (unpaired) electrons. The maximum Gasteiger partial charge on any atom is 0.191 e. The van der Waals surface area contributed by atoms with Crippen LogP contribution in [-0.2, 0) is 0 Å². The predicted molar refractivity (Wildman–Crippen MR) is 74.5 cm³/mol. The van der Waals surface area contributed by atoms with Crippen LogP contribution in [0.5, 0.6) is 0 Å². The van der Waals surface area contributed by atoms with Gasteiger partial charge in [0.05, 0.1) is 6.54 Å². The number of likely N-dealkylation sites (tertiary alicyclic amines) is 1. The lowest BCUT2D eigenvalue weighted by atomic mass is 10.2. The molecule has 0 aromatic heterocycles. The van der Waals surface area contributed by atoms with Crippen LogP contribution in [0.1, 0.15) is 40.5 Å². The Morgan fingerprint density at radius 1 is 1.41 bits per heavy atom. The van der Waals surface area contributed by atoms with E-state index in [1.54, 1.807) is 0 Å². The maximum absolute atomic E-state index is 4.69. The van der Waals surface area contributed by atoms with Crippen molar-refractivity contribution in [2.24, 2.45) is 4.99 Å². The van der Waals surface area contributed by atoms with Gasteiger partial charge in [-0.15, -0.1) is 0 Å². The first-order chi connectivity index (χ1) is 8.17. The van der Waals surface area contributed by atoms with E-state index in [2.05, 4.69) is 48.2 Å². The van der Waals surface area contributed by atoms with Gasteiger partial charge < -0.3 is 10.6 Å². The van der Waals surface area contributed by atoms with Crippen LogP contribution in [0.3, 0.4) is 0 Å². The molecule has 0 saturated carbocycles. The van der Waals surface area contributed by atoms with Crippen molar-refractivity contribution in [1.29, 1.82) is 0 Å². The van der Waals surface area contributed by atoms with E-state index < -0.39 is 0 Å². The van der Waals surface area contributed by atoms with Crippen LogP contribution in [-0.4, -0.2) is 49.1 Å². The van der Waals surface area contributed by atoms with Crippen molar-refractivity contribution in [2.75, 3.05) is 26.2 Å². The molecule has 0 spiro atoms. The van der Waals surface area contributed by atoms with E-state index in [9.17, 15) is 0 Å². The largest absolute Gasteiger partial charge is 0.357 e. The van der Waals surface area contributed by atoms with Crippen LogP contribution in [0.15, 0.2) is 4.99 Å². The summed E-state index contributed by atoms with van der Waals surface area (Å²) in [4.78, 5) is 7.22. The second-order valence-corrected chi connectivity index (χ2v) is 4.94. The number of guanidine groups is 1. The summed E-state index contributed by atoms with van der Waals surface area (Å²) in [6, 6.07) is 1.07. The summed E-state index contributed by atoms with van der Waals surface area (Å²) >= 11 is 0. The number of nitrogens with one attached hydrogen (secondary N) is 2. The van der Waals surface area contributed by atoms with Gasteiger partial charge in [-0.25, -0.2) is 0 Å². The highest BCUT2D eigenvalue weighted by Gasteiger charge is 2.22. The van der Waals surface area contributed by atoms with Crippen LogP contribution in [0.2, 0.25) is 0 Å². The second-order valence-electron chi connectivity index (χ2n) is 4.94. The Hall–Kier alpha value is -0.770. The van der Waals surface area contributed by atoms with Crippen molar-refractivity contribution >= 4 is 5.96 Å². The number of aliphatic imine (C=N–C) groups is 1. The minimum Gasteiger partial charge on any atom is -0.357 e. The standard InChI is InChI=1S/C13H28N4/c1-5-14-13(16-11(3)4)15-10-12-8-7-9-17(12)6-2/h11-12H,5-10H2,1-4H3,(H2,14,15,16). The van der Waals surface area contributed by atoms with E-state index in [-0.39, 0.29) is 0 Å². The van der Waals surface area contributed by atoms with Gasteiger partial charge in [0, 0.05) is 18.6 Å². The molecule has 1 atom stereocenters. The van der Waals surface area contributed by atoms with Crippen LogP contribution in [0, 0.1) is 0 Å². The van der Waals surface area contributed by atoms with Crippen molar-refractivity contribution in [3.05, 3.63) is 0 Å². The predicted octanol–water partition coefficient (Wildman–Crippen LogP) is 1.43. The molecule has 2 N–H and O–H groups in total. The molecule has 1 saturated heterocycles. The quantitative estimate of drug-likeness (QED) is 0.564. The van der Waals surface area contributed by atoms with E-state index in [0.29, 0.717) is 12.1 Å². The Kier molecular flexibility index (Phi) is 6.34. The summed E-state index contributed by atoms with van der Waals surface area (Å²) < 4.78 is 0. The van der Waals surface area contributed by atoms with Gasteiger partial charge >= 0.3 is 0 Å². The summed E-state index contributed by atoms with van der Waals surface area (Å²) in [6.07, 6.45) is 2.61. The number of rotatable bonds is 5. The van der Waals surface area contributed by atoms with Crippen LogP contribution in [0.4, 0.5) is 0 Å². The van der Waals surface area contributed by atoms with Gasteiger partial charge in [-0.3, -0.25) is 9.89 Å². The first kappa shape index (κ1) is 14.3. The maximum atomic E-state index is 4.69. The average molecular weight is 240 g/mol. The summed E-state index contributed by atoms with van der Waals surface area (Å²) in [5.74, 6) is 0.949. The fourth-order valence-corrected chi connectivity index (χ4v) is 2.31. The van der Waals surface area contributed by atoms with Crippen molar-refractivity contribution in [3.63, 3.8) is 0 Å². The molecule has 1 rings (SSSR count). The molecular weight excluding hydrogens is 212 g/mol. The van der Waals surface area contributed by atoms with Crippen molar-refractivity contribution in [3.8, 4) is 0 Å². The van der Waals surface area contributed by atoms with Gasteiger partial charge in [0.25, 0.3) is 0 Å². The van der Waals surface area contributed by atoms with Crippen LogP contribution < -0.4 is 10.6 Å². The highest BCUT2D eigenvalue weighted by molar-refractivity contribution is 5.80. The fraction of sp³-hybridized carbons (Fsp3) is 0.923. The zero-order valence-electron chi connectivity index (χ0n) is 11.8. The third-order valence-electron chi connectivity index (χ3n) is 3.14. The number of likely N-dealkylation sites (N-methyl/N-ethyl adjacent to an activating group) is 1. The summed E-state index contributed by atoms with van der Waals surface area (Å²) in [5, 5.41) is 6.65. The Labute approximate surface area is 106 Å². The monoisotopic (exact) mass is 240 g/mol. The van der Waals surface area contributed by atoms with E-state index in [1.807, 2.05) is 0 Å². The van der Waals surface area contributed by atoms with Gasteiger partial charge in [-0.05, 0) is 46.7 Å². The third-order valence-corrected chi connectivity index (χ3v) is 3.14. The first-order valence-corrected chi connectivity index (χ1v) is 6.96. The smallest absolute Gasteiger partial charge is 0.191 e. The van der Waals surface area contributed by atoms with Gasteiger partial charge in [0.15, 0.2) is 5.96 Å². The van der Waals surface area contributed by atoms with E-state index in [4.69, 9.17) is 0 Å². The number of hydrogen-bond donors (Lipinski definition) is 2. The van der Waals surface area contributed by atoms with Gasteiger partial charge in [-0.2, -0.15) is 0 Å². The Morgan fingerprint density at radius 3 is 2.76 bits per heavy atom. The minimum absolute atomic E-state index is 0.429. The summed E-state index contributed by atoms with van der Waals surface area (Å²) in [5.41, 5.74) is 0. The topological polar surface area (TPSA) is 39.7 Å². The van der Waals surface area contributed by atoms with Crippen molar-refractivity contribution in [2.45, 2.75) is 52.6 Å². The Balaban J connectivity index is 2.46. The summed E-state index contributed by atoms with van der Waals surface area (Å²) in [7, 11) is 0. The first-order valence-electron chi connectivity index (χ1n) is 6.96. The second kappa shape index (κ2) is 7.54. The molecule has 0 aromatic carbocycles. The molecular formula is C13H28N4. The molecule has 4 heteroatoms. The number of nitrogens with zero attached hydrogens (tertiary/aromatic N) is 2. The molecule has 4 nitrogen and oxygen atoms in total. The van der Waals surface area contributed by atoms with Gasteiger partial charge in [0.1, 0.15) is 0 Å². The normalized spacial score (nSPS) is 22.2. The zero-order chi connectivity index (χ0) is 12.7. The molecule has 0 aromatic rings. The van der Waals surface area contributed by atoms with Crippen LogP contribution >= 0.6 is 0 Å². The lowest BCUT2D eigenvalue weighted by Gasteiger charge is -2.22. The highest BCUT2D eigenvalue weighted by Crippen LogP contribution is 2.16. The molecule has 1 unspecified atom stereocenters. The lowest BCUT2D eigenvalue weighted by molar-refractivity contribution is 0.273. The molecule has 1 heterocycles. The number of hydrogen-bond acceptors (Lipinski definition) is 2. The lowest BCUT2D eigenvalue weighted by Crippen LogP contribution is -2.42. The molecule has 1 fully saturated rings. The third kappa shape index (κ3) is 4.94. The molecule has 1 aliphatic heterocycles. The minimum atomic E-state index is 0.429. The zero-order valence-corrected chi connectivity index (χ0v) is 11.8. The Bertz CT molecular complexity index is 238. The molecule has 0 bridgehead atoms. The summed E-state index contributed by atoms with van der Waals surface area (Å²) in [6.45, 7) is 12.8. The molecule has 17 heavy (non-hydrogen) atoms. The average Bonchev–Trinajstić information content (AvgIpc) is 2.72. The van der Waals surface area contributed by atoms with Gasteiger partial charge in [0.2, 0.25) is 0 Å². The van der Waals surface area contributed by atoms with Crippen molar-refractivity contribution < 1.29 is 0 Å². The molecule has 0 aliphatic carbocycles. The van der Waals surface area contributed by atoms with E-state index >= 15 is 0 Å². The van der Waals surface area contributed by atoms with Gasteiger partial charge in [-0.1, -0.05) is 6.92 Å². The SMILES string of the molecule is CCNC(=NCC1CCCN1CC)NC(C)C. The van der Waals surface area contributed by atoms with E-state index in [0.717, 1.165) is 25.6 Å². The van der Waals surface area contributed by atoms with E-state index in [1.165, 1.54) is 19.4 Å².